The number of carboxylic acids is 1. The number of rotatable bonds is 7. The summed E-state index contributed by atoms with van der Waals surface area (Å²) < 4.78 is 10.7. The molecule has 6 atom stereocenters. The molecule has 7 N–H and O–H groups in total. The zero-order valence-corrected chi connectivity index (χ0v) is 17.1. The van der Waals surface area contributed by atoms with Crippen LogP contribution in [0.25, 0.3) is 0 Å². The average molecular weight is 435 g/mol. The molecule has 0 saturated carbocycles. The van der Waals surface area contributed by atoms with E-state index in [2.05, 4.69) is 5.32 Å². The van der Waals surface area contributed by atoms with E-state index in [9.17, 15) is 39.6 Å². The third-order valence-corrected chi connectivity index (χ3v) is 4.16. The van der Waals surface area contributed by atoms with Crippen LogP contribution in [0, 0.1) is 0 Å². The molecule has 1 aliphatic rings. The zero-order valence-electron chi connectivity index (χ0n) is 17.1. The summed E-state index contributed by atoms with van der Waals surface area (Å²) in [5.74, 6) is -3.37. The standard InChI is InChI=1S/C17H29N3O10/c1-7(22)19-11-13(25)12(24)9(6-21)29-14(11)20(16(28)30-17(2,3)4)8(15(26)27)5-10(18)23/h8-9,11-14,21,24-25H,5-6H2,1-4H3,(H2,18,23)(H,19,22)(H,26,27)/t8-,9+,11+,12+,13+,14?/m0/s1. The summed E-state index contributed by atoms with van der Waals surface area (Å²) in [4.78, 5) is 48.3. The number of ether oxygens (including phenoxy) is 2. The molecule has 13 nitrogen and oxygen atoms in total. The number of nitrogens with one attached hydrogen (secondary N) is 1. The second-order valence-corrected chi connectivity index (χ2v) is 7.87. The van der Waals surface area contributed by atoms with E-state index >= 15 is 0 Å². The van der Waals surface area contributed by atoms with Crippen LogP contribution >= 0.6 is 0 Å². The Balaban J connectivity index is 3.53. The van der Waals surface area contributed by atoms with E-state index in [1.165, 1.54) is 20.8 Å². The predicted molar refractivity (Wildman–Crippen MR) is 98.7 cm³/mol. The third kappa shape index (κ3) is 6.52. The maximum absolute atomic E-state index is 12.9. The number of aliphatic carboxylic acids is 1. The quantitative estimate of drug-likeness (QED) is 0.247. The third-order valence-electron chi connectivity index (χ3n) is 4.16. The average Bonchev–Trinajstić information content (AvgIpc) is 2.57. The second-order valence-electron chi connectivity index (χ2n) is 7.87. The molecule has 0 aromatic heterocycles. The van der Waals surface area contributed by atoms with Gasteiger partial charge in [-0.25, -0.2) is 9.59 Å². The van der Waals surface area contributed by atoms with Crippen LogP contribution < -0.4 is 11.1 Å². The van der Waals surface area contributed by atoms with Crippen LogP contribution in [0.1, 0.15) is 34.1 Å². The highest BCUT2D eigenvalue weighted by molar-refractivity contribution is 5.86. The van der Waals surface area contributed by atoms with E-state index in [0.29, 0.717) is 4.90 Å². The van der Waals surface area contributed by atoms with Gasteiger partial charge in [-0.3, -0.25) is 14.5 Å². The molecule has 1 aliphatic heterocycles. The lowest BCUT2D eigenvalue weighted by atomic mass is 9.94. The van der Waals surface area contributed by atoms with Gasteiger partial charge in [0.05, 0.1) is 13.0 Å². The van der Waals surface area contributed by atoms with E-state index in [-0.39, 0.29) is 0 Å². The van der Waals surface area contributed by atoms with Gasteiger partial charge in [0.2, 0.25) is 11.8 Å². The van der Waals surface area contributed by atoms with Gasteiger partial charge >= 0.3 is 12.1 Å². The predicted octanol–water partition coefficient (Wildman–Crippen LogP) is -2.50. The first kappa shape index (κ1) is 25.6. The van der Waals surface area contributed by atoms with Crippen LogP contribution in [0.15, 0.2) is 0 Å². The molecule has 1 fully saturated rings. The molecular weight excluding hydrogens is 406 g/mol. The number of carbonyl (C=O) groups is 4. The van der Waals surface area contributed by atoms with Crippen molar-refractivity contribution in [2.75, 3.05) is 6.61 Å². The summed E-state index contributed by atoms with van der Waals surface area (Å²) in [6, 6.07) is -3.40. The number of carboxylic acid groups (broad SMARTS) is 1. The summed E-state index contributed by atoms with van der Waals surface area (Å²) in [5, 5.41) is 41.9. The van der Waals surface area contributed by atoms with Crippen molar-refractivity contribution < 1.29 is 49.1 Å². The molecule has 13 heteroatoms. The molecule has 0 bridgehead atoms. The molecule has 3 amide bonds. The van der Waals surface area contributed by atoms with Gasteiger partial charge in [0.15, 0.2) is 6.23 Å². The summed E-state index contributed by atoms with van der Waals surface area (Å²) in [6.45, 7) is 4.82. The number of aliphatic hydroxyl groups is 3. The molecule has 1 heterocycles. The number of amides is 3. The van der Waals surface area contributed by atoms with E-state index in [1.807, 2.05) is 0 Å². The number of primary amides is 1. The van der Waals surface area contributed by atoms with E-state index < -0.39 is 79.1 Å². The van der Waals surface area contributed by atoms with Crippen LogP contribution in [-0.2, 0) is 23.9 Å². The monoisotopic (exact) mass is 435 g/mol. The minimum atomic E-state index is -1.89. The largest absolute Gasteiger partial charge is 0.480 e. The molecule has 0 aromatic rings. The lowest BCUT2D eigenvalue weighted by Gasteiger charge is -2.47. The van der Waals surface area contributed by atoms with Crippen molar-refractivity contribution in [1.82, 2.24) is 10.2 Å². The molecule has 0 spiro atoms. The number of hydrogen-bond donors (Lipinski definition) is 6. The number of carbonyl (C=O) groups excluding carboxylic acids is 3. The maximum atomic E-state index is 12.9. The Kier molecular flexibility index (Phi) is 8.53. The fourth-order valence-corrected chi connectivity index (χ4v) is 2.94. The van der Waals surface area contributed by atoms with Crippen LogP contribution in [-0.4, -0.2) is 98.0 Å². The van der Waals surface area contributed by atoms with Gasteiger partial charge in [0, 0.05) is 6.92 Å². The van der Waals surface area contributed by atoms with Gasteiger partial charge < -0.3 is 41.0 Å². The maximum Gasteiger partial charge on any atom is 0.413 e. The summed E-state index contributed by atoms with van der Waals surface area (Å²) in [6.07, 6.45) is -8.64. The van der Waals surface area contributed by atoms with Crippen molar-refractivity contribution in [3.05, 3.63) is 0 Å². The molecule has 0 radical (unpaired) electrons. The lowest BCUT2D eigenvalue weighted by molar-refractivity contribution is -0.233. The summed E-state index contributed by atoms with van der Waals surface area (Å²) in [7, 11) is 0. The van der Waals surface area contributed by atoms with Crippen molar-refractivity contribution >= 4 is 23.9 Å². The Morgan fingerprint density at radius 2 is 1.77 bits per heavy atom. The molecular formula is C17H29N3O10. The van der Waals surface area contributed by atoms with E-state index in [4.69, 9.17) is 15.2 Å². The van der Waals surface area contributed by atoms with Crippen molar-refractivity contribution in [1.29, 1.82) is 0 Å². The smallest absolute Gasteiger partial charge is 0.413 e. The Morgan fingerprint density at radius 3 is 2.17 bits per heavy atom. The first-order valence-electron chi connectivity index (χ1n) is 9.11. The minimum absolute atomic E-state index is 0.511. The van der Waals surface area contributed by atoms with Gasteiger partial charge in [0.25, 0.3) is 0 Å². The first-order chi connectivity index (χ1) is 13.7. The summed E-state index contributed by atoms with van der Waals surface area (Å²) >= 11 is 0. The minimum Gasteiger partial charge on any atom is -0.480 e. The molecule has 30 heavy (non-hydrogen) atoms. The highest BCUT2D eigenvalue weighted by Crippen LogP contribution is 2.28. The van der Waals surface area contributed by atoms with Gasteiger partial charge in [0.1, 0.15) is 36.0 Å². The molecule has 172 valence electrons. The van der Waals surface area contributed by atoms with Crippen molar-refractivity contribution in [2.24, 2.45) is 5.73 Å². The SMILES string of the molecule is CC(=O)N[C@H]1C(N(C(=O)OC(C)(C)C)[C@@H](CC(N)=O)C(=O)O)O[C@H](CO)[C@@H](O)[C@@H]1O. The Morgan fingerprint density at radius 1 is 1.20 bits per heavy atom. The lowest BCUT2D eigenvalue weighted by Crippen LogP contribution is -2.70. The van der Waals surface area contributed by atoms with Crippen LogP contribution in [0.4, 0.5) is 4.79 Å². The number of nitrogens with two attached hydrogens (primary N) is 1. The van der Waals surface area contributed by atoms with Gasteiger partial charge in [-0.05, 0) is 20.8 Å². The molecule has 0 aromatic carbocycles. The topological polar surface area (TPSA) is 209 Å². The van der Waals surface area contributed by atoms with Crippen molar-refractivity contribution in [2.45, 2.75) is 76.3 Å². The fourth-order valence-electron chi connectivity index (χ4n) is 2.94. The molecule has 0 aliphatic carbocycles. The fraction of sp³-hybridized carbons (Fsp3) is 0.765. The number of hydrogen-bond acceptors (Lipinski definition) is 9. The Bertz CT molecular complexity index is 665. The number of aliphatic hydroxyl groups excluding tert-OH is 3. The van der Waals surface area contributed by atoms with Crippen LogP contribution in [0.3, 0.4) is 0 Å². The Labute approximate surface area is 172 Å². The number of nitrogens with zero attached hydrogens (tertiary/aromatic N) is 1. The zero-order chi connectivity index (χ0) is 23.4. The highest BCUT2D eigenvalue weighted by Gasteiger charge is 2.51. The normalized spacial score (nSPS) is 27.6. The van der Waals surface area contributed by atoms with E-state index in [1.54, 1.807) is 0 Å². The van der Waals surface area contributed by atoms with Gasteiger partial charge in [-0.15, -0.1) is 0 Å². The molecule has 1 unspecified atom stereocenters. The second kappa shape index (κ2) is 10.0. The van der Waals surface area contributed by atoms with Crippen LogP contribution in [0.2, 0.25) is 0 Å². The van der Waals surface area contributed by atoms with Crippen LogP contribution in [0.5, 0.6) is 0 Å². The summed E-state index contributed by atoms with van der Waals surface area (Å²) in [5.41, 5.74) is 4.04. The highest BCUT2D eigenvalue weighted by atomic mass is 16.6. The first-order valence-corrected chi connectivity index (χ1v) is 9.11. The van der Waals surface area contributed by atoms with Crippen molar-refractivity contribution in [3.8, 4) is 0 Å². The Hall–Kier alpha value is -2.48. The molecule has 1 rings (SSSR count). The van der Waals surface area contributed by atoms with Gasteiger partial charge in [-0.1, -0.05) is 0 Å². The van der Waals surface area contributed by atoms with Crippen molar-refractivity contribution in [3.63, 3.8) is 0 Å². The van der Waals surface area contributed by atoms with E-state index in [0.717, 1.165) is 6.92 Å². The van der Waals surface area contributed by atoms with Gasteiger partial charge in [-0.2, -0.15) is 0 Å². The molecule has 1 saturated heterocycles.